The molecule has 2 aromatic rings. The van der Waals surface area contributed by atoms with Gasteiger partial charge in [-0.3, -0.25) is 0 Å². The number of pyridine rings is 1. The summed E-state index contributed by atoms with van der Waals surface area (Å²) >= 11 is 0. The zero-order chi connectivity index (χ0) is 11.3. The molecule has 1 N–H and O–H groups in total. The minimum absolute atomic E-state index is 0.280. The Kier molecular flexibility index (Phi) is 1.71. The summed E-state index contributed by atoms with van der Waals surface area (Å²) in [7, 11) is 0. The van der Waals surface area contributed by atoms with Gasteiger partial charge in [-0.1, -0.05) is 0 Å². The van der Waals surface area contributed by atoms with Crippen LogP contribution in [0, 0.1) is 6.92 Å². The van der Waals surface area contributed by atoms with E-state index in [1.165, 1.54) is 0 Å². The molecular formula is C11H10N2O3. The van der Waals surface area contributed by atoms with Gasteiger partial charge in [0.15, 0.2) is 0 Å². The first-order valence-electron chi connectivity index (χ1n) is 5.05. The Morgan fingerprint density at radius 2 is 2.44 bits per heavy atom. The molecule has 5 nitrogen and oxygen atoms in total. The number of carboxylic acids is 1. The second kappa shape index (κ2) is 2.98. The Labute approximate surface area is 91.3 Å². The first kappa shape index (κ1) is 9.21. The zero-order valence-electron chi connectivity index (χ0n) is 8.73. The van der Waals surface area contributed by atoms with Crippen molar-refractivity contribution in [3.05, 3.63) is 29.1 Å². The summed E-state index contributed by atoms with van der Waals surface area (Å²) in [5.41, 5.74) is 2.43. The molecule has 0 aromatic carbocycles. The van der Waals surface area contributed by atoms with Crippen LogP contribution in [-0.2, 0) is 6.42 Å². The van der Waals surface area contributed by atoms with E-state index in [0.29, 0.717) is 17.8 Å². The third-order valence-corrected chi connectivity index (χ3v) is 2.86. The molecule has 5 heteroatoms. The second-order valence-electron chi connectivity index (χ2n) is 3.82. The van der Waals surface area contributed by atoms with E-state index in [-0.39, 0.29) is 5.56 Å². The zero-order valence-corrected chi connectivity index (χ0v) is 8.73. The van der Waals surface area contributed by atoms with Crippen LogP contribution in [0.5, 0.6) is 5.75 Å². The number of aromatic carboxylic acids is 1. The molecule has 1 aliphatic rings. The average molecular weight is 218 g/mol. The number of carbonyl (C=O) groups is 1. The molecule has 0 radical (unpaired) electrons. The predicted octanol–water partition coefficient (Wildman–Crippen LogP) is 1.28. The summed E-state index contributed by atoms with van der Waals surface area (Å²) < 4.78 is 7.03. The highest BCUT2D eigenvalue weighted by atomic mass is 16.5. The summed E-state index contributed by atoms with van der Waals surface area (Å²) in [6.45, 7) is 2.32. The molecule has 0 spiro atoms. The lowest BCUT2D eigenvalue weighted by molar-refractivity contribution is 0.0698. The molecule has 82 valence electrons. The first-order valence-corrected chi connectivity index (χ1v) is 5.05. The predicted molar refractivity (Wildman–Crippen MR) is 56.1 cm³/mol. The van der Waals surface area contributed by atoms with Crippen LogP contribution in [0.1, 0.15) is 21.6 Å². The van der Waals surface area contributed by atoms with Gasteiger partial charge in [0, 0.05) is 18.2 Å². The quantitative estimate of drug-likeness (QED) is 0.783. The first-order chi connectivity index (χ1) is 7.68. The summed E-state index contributed by atoms with van der Waals surface area (Å²) in [6.07, 6.45) is 2.48. The number of hydrogen-bond acceptors (Lipinski definition) is 3. The number of fused-ring (bicyclic) bond motifs is 3. The van der Waals surface area contributed by atoms with Gasteiger partial charge >= 0.3 is 5.97 Å². The molecule has 0 unspecified atom stereocenters. The summed E-state index contributed by atoms with van der Waals surface area (Å²) in [4.78, 5) is 11.2. The maximum Gasteiger partial charge on any atom is 0.339 e. The molecule has 3 rings (SSSR count). The smallest absolute Gasteiger partial charge is 0.339 e. The van der Waals surface area contributed by atoms with Crippen molar-refractivity contribution >= 4 is 11.5 Å². The third kappa shape index (κ3) is 1.05. The van der Waals surface area contributed by atoms with Crippen LogP contribution in [0.4, 0.5) is 0 Å². The molecular weight excluding hydrogens is 208 g/mol. The minimum Gasteiger partial charge on any atom is -0.493 e. The average Bonchev–Trinajstić information content (AvgIpc) is 2.78. The van der Waals surface area contributed by atoms with Gasteiger partial charge in [0.05, 0.1) is 17.8 Å². The number of hydrogen-bond donors (Lipinski definition) is 1. The van der Waals surface area contributed by atoms with Gasteiger partial charge in [0.25, 0.3) is 0 Å². The topological polar surface area (TPSA) is 63.8 Å². The van der Waals surface area contributed by atoms with Crippen LogP contribution in [0.15, 0.2) is 12.3 Å². The monoisotopic (exact) mass is 218 g/mol. The Bertz CT molecular complexity index is 601. The van der Waals surface area contributed by atoms with E-state index in [1.807, 2.05) is 6.07 Å². The van der Waals surface area contributed by atoms with E-state index in [4.69, 9.17) is 4.74 Å². The fourth-order valence-electron chi connectivity index (χ4n) is 2.20. The highest BCUT2D eigenvalue weighted by Crippen LogP contribution is 2.31. The van der Waals surface area contributed by atoms with Crippen LogP contribution in [0.2, 0.25) is 0 Å². The van der Waals surface area contributed by atoms with Crippen LogP contribution < -0.4 is 4.74 Å². The number of carboxylic acid groups (broad SMARTS) is 1. The Balaban J connectivity index is 2.45. The number of rotatable bonds is 1. The normalized spacial score (nSPS) is 13.8. The molecule has 16 heavy (non-hydrogen) atoms. The van der Waals surface area contributed by atoms with Crippen molar-refractivity contribution in [1.29, 1.82) is 0 Å². The molecule has 3 heterocycles. The molecule has 1 aliphatic heterocycles. The van der Waals surface area contributed by atoms with E-state index in [2.05, 4.69) is 5.10 Å². The van der Waals surface area contributed by atoms with E-state index in [9.17, 15) is 9.90 Å². The Morgan fingerprint density at radius 1 is 1.62 bits per heavy atom. The van der Waals surface area contributed by atoms with Gasteiger partial charge in [-0.2, -0.15) is 5.10 Å². The fourth-order valence-corrected chi connectivity index (χ4v) is 2.20. The van der Waals surface area contributed by atoms with Crippen molar-refractivity contribution < 1.29 is 14.6 Å². The standard InChI is InChI=1S/C11H10N2O3/c1-6-9(11(14)15)10-7-3-5-16-8(7)2-4-13(10)12-6/h2,4H,3,5H2,1H3,(H,14,15). The summed E-state index contributed by atoms with van der Waals surface area (Å²) in [5, 5.41) is 13.4. The van der Waals surface area contributed by atoms with E-state index in [1.54, 1.807) is 17.6 Å². The van der Waals surface area contributed by atoms with Gasteiger partial charge in [0.1, 0.15) is 11.3 Å². The number of aryl methyl sites for hydroxylation is 1. The van der Waals surface area contributed by atoms with Crippen molar-refractivity contribution in [2.75, 3.05) is 6.61 Å². The highest BCUT2D eigenvalue weighted by molar-refractivity contribution is 5.98. The summed E-state index contributed by atoms with van der Waals surface area (Å²) in [6, 6.07) is 1.83. The maximum atomic E-state index is 11.2. The molecule has 0 aliphatic carbocycles. The van der Waals surface area contributed by atoms with Crippen LogP contribution >= 0.6 is 0 Å². The molecule has 2 aromatic heterocycles. The van der Waals surface area contributed by atoms with E-state index < -0.39 is 5.97 Å². The Hall–Kier alpha value is -2.04. The number of ether oxygens (including phenoxy) is 1. The largest absolute Gasteiger partial charge is 0.493 e. The third-order valence-electron chi connectivity index (χ3n) is 2.86. The second-order valence-corrected chi connectivity index (χ2v) is 3.82. The van der Waals surface area contributed by atoms with Crippen molar-refractivity contribution in [3.63, 3.8) is 0 Å². The molecule has 0 saturated carbocycles. The molecule has 0 saturated heterocycles. The van der Waals surface area contributed by atoms with Crippen molar-refractivity contribution in [3.8, 4) is 5.75 Å². The van der Waals surface area contributed by atoms with Gasteiger partial charge in [-0.05, 0) is 13.0 Å². The SMILES string of the molecule is Cc1nn2ccc3c(c2c1C(=O)O)CCO3. The maximum absolute atomic E-state index is 11.2. The molecule has 0 amide bonds. The van der Waals surface area contributed by atoms with Crippen LogP contribution in [0.25, 0.3) is 5.52 Å². The lowest BCUT2D eigenvalue weighted by Gasteiger charge is -2.01. The number of aromatic nitrogens is 2. The Morgan fingerprint density at radius 3 is 3.19 bits per heavy atom. The van der Waals surface area contributed by atoms with Gasteiger partial charge in [-0.15, -0.1) is 0 Å². The number of nitrogens with zero attached hydrogens (tertiary/aromatic N) is 2. The molecule has 0 atom stereocenters. The molecule has 0 fully saturated rings. The van der Waals surface area contributed by atoms with E-state index >= 15 is 0 Å². The van der Waals surface area contributed by atoms with E-state index in [0.717, 1.165) is 17.7 Å². The van der Waals surface area contributed by atoms with Crippen molar-refractivity contribution in [1.82, 2.24) is 9.61 Å². The lowest BCUT2D eigenvalue weighted by Crippen LogP contribution is -1.99. The lowest BCUT2D eigenvalue weighted by atomic mass is 10.1. The summed E-state index contributed by atoms with van der Waals surface area (Å²) in [5.74, 6) is -0.164. The minimum atomic E-state index is -0.937. The van der Waals surface area contributed by atoms with Gasteiger partial charge < -0.3 is 9.84 Å². The highest BCUT2D eigenvalue weighted by Gasteiger charge is 2.23. The van der Waals surface area contributed by atoms with Crippen LogP contribution in [-0.4, -0.2) is 27.3 Å². The van der Waals surface area contributed by atoms with Crippen molar-refractivity contribution in [2.24, 2.45) is 0 Å². The van der Waals surface area contributed by atoms with Crippen LogP contribution in [0.3, 0.4) is 0 Å². The fraction of sp³-hybridized carbons (Fsp3) is 0.273. The van der Waals surface area contributed by atoms with Gasteiger partial charge in [-0.25, -0.2) is 9.31 Å². The van der Waals surface area contributed by atoms with Crippen molar-refractivity contribution in [2.45, 2.75) is 13.3 Å². The molecule has 0 bridgehead atoms. The van der Waals surface area contributed by atoms with Gasteiger partial charge in [0.2, 0.25) is 0 Å².